The van der Waals surface area contributed by atoms with Crippen LogP contribution in [0.4, 0.5) is 13.2 Å². The topological polar surface area (TPSA) is 62.1 Å². The standard InChI is InChI=1S/C19H14Cl3F3N2O3/c1-10(30-16-7-6-13(21)8-14(16)22)17(28)27-18(29,19(23,24)25)9-15(26-27)11-2-4-12(20)5-3-11/h2-8,10,29H,9H2,1H3/t10-,18+/m0/s1. The first-order valence-electron chi connectivity index (χ1n) is 8.50. The molecule has 1 heterocycles. The molecule has 0 aromatic heterocycles. The Bertz CT molecular complexity index is 999. The van der Waals surface area contributed by atoms with Gasteiger partial charge in [0.05, 0.1) is 17.2 Å². The van der Waals surface area contributed by atoms with Crippen molar-refractivity contribution in [3.8, 4) is 5.75 Å². The summed E-state index contributed by atoms with van der Waals surface area (Å²) in [5.74, 6) is -1.16. The number of alkyl halides is 3. The van der Waals surface area contributed by atoms with Gasteiger partial charge in [0.15, 0.2) is 6.10 Å². The zero-order valence-electron chi connectivity index (χ0n) is 15.3. The van der Waals surface area contributed by atoms with Crippen molar-refractivity contribution in [3.63, 3.8) is 0 Å². The van der Waals surface area contributed by atoms with E-state index in [2.05, 4.69) is 5.10 Å². The molecule has 2 atom stereocenters. The molecule has 11 heteroatoms. The minimum Gasteiger partial charge on any atom is -0.479 e. The Morgan fingerprint density at radius 3 is 2.33 bits per heavy atom. The molecule has 0 spiro atoms. The van der Waals surface area contributed by atoms with Gasteiger partial charge < -0.3 is 9.84 Å². The number of ether oxygens (including phenoxy) is 1. The lowest BCUT2D eigenvalue weighted by Gasteiger charge is -2.33. The number of nitrogens with zero attached hydrogens (tertiary/aromatic N) is 2. The normalized spacial score (nSPS) is 20.1. The van der Waals surface area contributed by atoms with Crippen LogP contribution in [0.3, 0.4) is 0 Å². The predicted molar refractivity (Wildman–Crippen MR) is 107 cm³/mol. The summed E-state index contributed by atoms with van der Waals surface area (Å²) in [6, 6.07) is 9.98. The number of carbonyl (C=O) groups excluding carboxylic acids is 1. The van der Waals surface area contributed by atoms with Crippen molar-refractivity contribution >= 4 is 46.4 Å². The molecule has 0 aliphatic carbocycles. The van der Waals surface area contributed by atoms with Gasteiger partial charge in [-0.15, -0.1) is 0 Å². The molecule has 0 unspecified atom stereocenters. The van der Waals surface area contributed by atoms with E-state index in [4.69, 9.17) is 39.5 Å². The average Bonchev–Trinajstić information content (AvgIpc) is 3.02. The third-order valence-corrected chi connectivity index (χ3v) is 5.15. The van der Waals surface area contributed by atoms with Gasteiger partial charge in [0, 0.05) is 10.0 Å². The summed E-state index contributed by atoms with van der Waals surface area (Å²) in [7, 11) is 0. The number of halogens is 6. The summed E-state index contributed by atoms with van der Waals surface area (Å²) in [6.45, 7) is 1.22. The summed E-state index contributed by atoms with van der Waals surface area (Å²) in [4.78, 5) is 12.8. The second-order valence-electron chi connectivity index (χ2n) is 6.53. The predicted octanol–water partition coefficient (Wildman–Crippen LogP) is 5.30. The van der Waals surface area contributed by atoms with Crippen LogP contribution in [-0.4, -0.2) is 39.7 Å². The Kier molecular flexibility index (Phi) is 6.25. The molecule has 1 aliphatic rings. The minimum atomic E-state index is -5.17. The molecule has 3 rings (SSSR count). The van der Waals surface area contributed by atoms with Crippen molar-refractivity contribution < 1.29 is 27.8 Å². The van der Waals surface area contributed by atoms with Gasteiger partial charge in [-0.3, -0.25) is 4.79 Å². The highest BCUT2D eigenvalue weighted by atomic mass is 35.5. The van der Waals surface area contributed by atoms with Crippen LogP contribution >= 0.6 is 34.8 Å². The van der Waals surface area contributed by atoms with Crippen LogP contribution in [0.25, 0.3) is 0 Å². The van der Waals surface area contributed by atoms with Crippen LogP contribution in [0.15, 0.2) is 47.6 Å². The van der Waals surface area contributed by atoms with E-state index in [-0.39, 0.29) is 27.1 Å². The van der Waals surface area contributed by atoms with E-state index in [9.17, 15) is 23.1 Å². The van der Waals surface area contributed by atoms with Gasteiger partial charge in [0.1, 0.15) is 5.75 Å². The maximum Gasteiger partial charge on any atom is 0.438 e. The smallest absolute Gasteiger partial charge is 0.438 e. The Morgan fingerprint density at radius 1 is 1.17 bits per heavy atom. The SMILES string of the molecule is C[C@H](Oc1ccc(Cl)cc1Cl)C(=O)N1N=C(c2ccc(Cl)cc2)C[C@@]1(O)C(F)(F)F. The molecule has 1 N–H and O–H groups in total. The second kappa shape index (κ2) is 8.26. The van der Waals surface area contributed by atoms with Gasteiger partial charge in [-0.2, -0.15) is 23.3 Å². The van der Waals surface area contributed by atoms with Crippen molar-refractivity contribution in [2.24, 2.45) is 5.10 Å². The van der Waals surface area contributed by atoms with Crippen LogP contribution in [-0.2, 0) is 4.79 Å². The molecule has 160 valence electrons. The van der Waals surface area contributed by atoms with E-state index in [0.717, 1.165) is 0 Å². The largest absolute Gasteiger partial charge is 0.479 e. The molecular weight excluding hydrogens is 468 g/mol. The van der Waals surface area contributed by atoms with E-state index in [1.54, 1.807) is 0 Å². The third kappa shape index (κ3) is 4.37. The van der Waals surface area contributed by atoms with Crippen molar-refractivity contribution in [2.45, 2.75) is 31.3 Å². The molecule has 1 aliphatic heterocycles. The lowest BCUT2D eigenvalue weighted by molar-refractivity contribution is -0.303. The van der Waals surface area contributed by atoms with Crippen LogP contribution in [0, 0.1) is 0 Å². The molecule has 0 fully saturated rings. The molecule has 5 nitrogen and oxygen atoms in total. The Labute approximate surface area is 184 Å². The maximum absolute atomic E-state index is 13.7. The lowest BCUT2D eigenvalue weighted by atomic mass is 10.0. The Balaban J connectivity index is 1.92. The van der Waals surface area contributed by atoms with Crippen LogP contribution < -0.4 is 4.74 Å². The van der Waals surface area contributed by atoms with Crippen LogP contribution in [0.2, 0.25) is 15.1 Å². The van der Waals surface area contributed by atoms with Gasteiger partial charge in [-0.1, -0.05) is 46.9 Å². The highest BCUT2D eigenvalue weighted by Crippen LogP contribution is 2.42. The van der Waals surface area contributed by atoms with Gasteiger partial charge in [0.25, 0.3) is 11.6 Å². The van der Waals surface area contributed by atoms with Gasteiger partial charge in [-0.05, 0) is 42.8 Å². The average molecular weight is 482 g/mol. The van der Waals surface area contributed by atoms with E-state index in [0.29, 0.717) is 10.0 Å². The second-order valence-corrected chi connectivity index (χ2v) is 7.81. The van der Waals surface area contributed by atoms with Crippen LogP contribution in [0.5, 0.6) is 5.75 Å². The molecule has 0 bridgehead atoms. The van der Waals surface area contributed by atoms with E-state index >= 15 is 0 Å². The molecule has 0 saturated heterocycles. The summed E-state index contributed by atoms with van der Waals surface area (Å²) in [6.07, 6.45) is -7.55. The quantitative estimate of drug-likeness (QED) is 0.644. The van der Waals surface area contributed by atoms with Crippen molar-refractivity contribution in [3.05, 3.63) is 63.1 Å². The fourth-order valence-electron chi connectivity index (χ4n) is 2.78. The van der Waals surface area contributed by atoms with Gasteiger partial charge in [0.2, 0.25) is 0 Å². The Morgan fingerprint density at radius 2 is 1.77 bits per heavy atom. The summed E-state index contributed by atoms with van der Waals surface area (Å²) < 4.78 is 46.5. The molecule has 0 saturated carbocycles. The summed E-state index contributed by atoms with van der Waals surface area (Å²) in [5, 5.41) is 14.9. The van der Waals surface area contributed by atoms with E-state index in [1.165, 1.54) is 49.4 Å². The van der Waals surface area contributed by atoms with Gasteiger partial charge in [-0.25, -0.2) is 0 Å². The third-order valence-electron chi connectivity index (χ3n) is 4.37. The monoisotopic (exact) mass is 480 g/mol. The highest BCUT2D eigenvalue weighted by molar-refractivity contribution is 6.35. The molecule has 30 heavy (non-hydrogen) atoms. The number of hydrogen-bond donors (Lipinski definition) is 1. The Hall–Kier alpha value is -2.00. The zero-order valence-corrected chi connectivity index (χ0v) is 17.5. The first-order valence-corrected chi connectivity index (χ1v) is 9.64. The van der Waals surface area contributed by atoms with Crippen molar-refractivity contribution in [1.29, 1.82) is 0 Å². The fraction of sp³-hybridized carbons (Fsp3) is 0.263. The number of benzene rings is 2. The number of hydrogen-bond acceptors (Lipinski definition) is 4. The van der Waals surface area contributed by atoms with Gasteiger partial charge >= 0.3 is 6.18 Å². The molecular formula is C19H14Cl3F3N2O3. The number of amides is 1. The number of hydrazone groups is 1. The first kappa shape index (κ1) is 22.7. The summed E-state index contributed by atoms with van der Waals surface area (Å²) in [5.41, 5.74) is -3.37. The lowest BCUT2D eigenvalue weighted by Crippen LogP contribution is -2.58. The van der Waals surface area contributed by atoms with E-state index < -0.39 is 30.3 Å². The molecule has 1 amide bonds. The maximum atomic E-state index is 13.7. The van der Waals surface area contributed by atoms with Crippen LogP contribution in [0.1, 0.15) is 18.9 Å². The number of rotatable bonds is 4. The van der Waals surface area contributed by atoms with E-state index in [1.807, 2.05) is 0 Å². The number of aliphatic hydroxyl groups is 1. The van der Waals surface area contributed by atoms with Crippen molar-refractivity contribution in [2.75, 3.05) is 0 Å². The molecule has 2 aromatic carbocycles. The molecule has 0 radical (unpaired) electrons. The summed E-state index contributed by atoms with van der Waals surface area (Å²) >= 11 is 17.6. The molecule has 2 aromatic rings. The first-order chi connectivity index (χ1) is 13.9. The van der Waals surface area contributed by atoms with Crippen molar-refractivity contribution in [1.82, 2.24) is 5.01 Å². The highest BCUT2D eigenvalue weighted by Gasteiger charge is 2.63. The fourth-order valence-corrected chi connectivity index (χ4v) is 3.36. The zero-order chi connectivity index (χ0) is 22.3. The number of carbonyl (C=O) groups is 1. The minimum absolute atomic E-state index is 0.00539.